The number of nitrogens with zero attached hydrogens (tertiary/aromatic N) is 1. The maximum Gasteiger partial charge on any atom is 0.221 e. The number of rotatable bonds is 7. The third-order valence-corrected chi connectivity index (χ3v) is 4.82. The summed E-state index contributed by atoms with van der Waals surface area (Å²) >= 11 is 0. The fraction of sp³-hybridized carbons (Fsp3) is 0.632. The molecular formula is C19H29N3O2. The standard InChI is InChI=1S/C19H29N3O2/c23-19(21-15-18-5-4-14-24-18)10-11-20-16-6-8-17(9-7-16)22-12-2-1-3-13-22/h6-9,18,20H,1-5,10-15H2,(H,21,23). The summed E-state index contributed by atoms with van der Waals surface area (Å²) < 4.78 is 5.50. The van der Waals surface area contributed by atoms with Crippen LogP contribution in [0.2, 0.25) is 0 Å². The van der Waals surface area contributed by atoms with Crippen LogP contribution in [0.3, 0.4) is 0 Å². The molecular weight excluding hydrogens is 302 g/mol. The van der Waals surface area contributed by atoms with Gasteiger partial charge in [0.2, 0.25) is 5.91 Å². The molecule has 0 aromatic heterocycles. The topological polar surface area (TPSA) is 53.6 Å². The maximum absolute atomic E-state index is 11.8. The van der Waals surface area contributed by atoms with E-state index < -0.39 is 0 Å². The average Bonchev–Trinajstić information content (AvgIpc) is 3.15. The van der Waals surface area contributed by atoms with E-state index >= 15 is 0 Å². The number of carbonyl (C=O) groups excluding carboxylic acids is 1. The van der Waals surface area contributed by atoms with Crippen LogP contribution in [-0.4, -0.2) is 44.8 Å². The third kappa shape index (κ3) is 5.13. The van der Waals surface area contributed by atoms with Crippen molar-refractivity contribution < 1.29 is 9.53 Å². The van der Waals surface area contributed by atoms with Crippen LogP contribution in [0, 0.1) is 0 Å². The number of hydrogen-bond acceptors (Lipinski definition) is 4. The maximum atomic E-state index is 11.8. The highest BCUT2D eigenvalue weighted by Crippen LogP contribution is 2.21. The summed E-state index contributed by atoms with van der Waals surface area (Å²) in [4.78, 5) is 14.3. The summed E-state index contributed by atoms with van der Waals surface area (Å²) in [5, 5.41) is 6.28. The molecule has 24 heavy (non-hydrogen) atoms. The molecule has 5 heteroatoms. The number of benzene rings is 1. The second-order valence-electron chi connectivity index (χ2n) is 6.71. The molecule has 0 saturated carbocycles. The minimum absolute atomic E-state index is 0.0861. The molecule has 1 aromatic carbocycles. The van der Waals surface area contributed by atoms with E-state index in [1.165, 1.54) is 24.9 Å². The summed E-state index contributed by atoms with van der Waals surface area (Å²) in [6.07, 6.45) is 6.80. The first-order chi connectivity index (χ1) is 11.8. The van der Waals surface area contributed by atoms with Crippen LogP contribution in [0.1, 0.15) is 38.5 Å². The molecule has 0 bridgehead atoms. The van der Waals surface area contributed by atoms with Gasteiger partial charge in [-0.2, -0.15) is 0 Å². The zero-order valence-corrected chi connectivity index (χ0v) is 14.4. The van der Waals surface area contributed by atoms with Gasteiger partial charge in [0.25, 0.3) is 0 Å². The highest BCUT2D eigenvalue weighted by molar-refractivity contribution is 5.76. The van der Waals surface area contributed by atoms with Gasteiger partial charge < -0.3 is 20.3 Å². The van der Waals surface area contributed by atoms with Gasteiger partial charge in [-0.1, -0.05) is 0 Å². The normalized spacial score (nSPS) is 20.8. The number of ether oxygens (including phenoxy) is 1. The Morgan fingerprint density at radius 2 is 1.92 bits per heavy atom. The first-order valence-electron chi connectivity index (χ1n) is 9.28. The Bertz CT molecular complexity index is 506. The van der Waals surface area contributed by atoms with Crippen LogP contribution in [-0.2, 0) is 9.53 Å². The minimum Gasteiger partial charge on any atom is -0.385 e. The van der Waals surface area contributed by atoms with Gasteiger partial charge in [0.15, 0.2) is 0 Å². The summed E-state index contributed by atoms with van der Waals surface area (Å²) in [6, 6.07) is 8.55. The Morgan fingerprint density at radius 1 is 1.12 bits per heavy atom. The molecule has 2 saturated heterocycles. The van der Waals surface area contributed by atoms with Crippen molar-refractivity contribution in [3.8, 4) is 0 Å². The fourth-order valence-electron chi connectivity index (χ4n) is 3.38. The predicted molar refractivity (Wildman–Crippen MR) is 97.6 cm³/mol. The van der Waals surface area contributed by atoms with Gasteiger partial charge in [0, 0.05) is 50.6 Å². The summed E-state index contributed by atoms with van der Waals surface area (Å²) in [5.74, 6) is 0.0861. The molecule has 2 aliphatic rings. The Morgan fingerprint density at radius 3 is 2.62 bits per heavy atom. The van der Waals surface area contributed by atoms with Crippen molar-refractivity contribution in [2.24, 2.45) is 0 Å². The Hall–Kier alpha value is -1.75. The Labute approximate surface area is 144 Å². The van der Waals surface area contributed by atoms with Gasteiger partial charge in [0.05, 0.1) is 6.10 Å². The first kappa shape index (κ1) is 17.1. The van der Waals surface area contributed by atoms with E-state index in [1.54, 1.807) is 0 Å². The van der Waals surface area contributed by atoms with E-state index in [0.717, 1.165) is 38.2 Å². The van der Waals surface area contributed by atoms with Crippen molar-refractivity contribution in [1.82, 2.24) is 5.32 Å². The number of anilines is 2. The molecule has 0 radical (unpaired) electrons. The lowest BCUT2D eigenvalue weighted by Crippen LogP contribution is -2.32. The molecule has 5 nitrogen and oxygen atoms in total. The second-order valence-corrected chi connectivity index (χ2v) is 6.71. The Kier molecular flexibility index (Phi) is 6.35. The van der Waals surface area contributed by atoms with Crippen LogP contribution in [0.4, 0.5) is 11.4 Å². The van der Waals surface area contributed by atoms with Crippen molar-refractivity contribution in [2.75, 3.05) is 43.0 Å². The Balaban J connectivity index is 1.34. The smallest absolute Gasteiger partial charge is 0.221 e. The fourth-order valence-corrected chi connectivity index (χ4v) is 3.38. The molecule has 2 heterocycles. The van der Waals surface area contributed by atoms with Gasteiger partial charge in [-0.15, -0.1) is 0 Å². The average molecular weight is 331 g/mol. The van der Waals surface area contributed by atoms with Gasteiger partial charge in [-0.05, 0) is 56.4 Å². The van der Waals surface area contributed by atoms with Crippen LogP contribution in [0.5, 0.6) is 0 Å². The number of piperidine rings is 1. The number of amides is 1. The molecule has 2 aliphatic heterocycles. The summed E-state index contributed by atoms with van der Waals surface area (Å²) in [6.45, 7) is 4.45. The SMILES string of the molecule is O=C(CCNc1ccc(N2CCCCC2)cc1)NCC1CCCO1. The second kappa shape index (κ2) is 8.92. The molecule has 1 aromatic rings. The van der Waals surface area contributed by atoms with Gasteiger partial charge >= 0.3 is 0 Å². The van der Waals surface area contributed by atoms with E-state index in [0.29, 0.717) is 19.5 Å². The molecule has 3 rings (SSSR count). The zero-order valence-electron chi connectivity index (χ0n) is 14.4. The van der Waals surface area contributed by atoms with E-state index in [1.807, 2.05) is 0 Å². The van der Waals surface area contributed by atoms with E-state index in [4.69, 9.17) is 4.74 Å². The van der Waals surface area contributed by atoms with Crippen LogP contribution in [0.15, 0.2) is 24.3 Å². The highest BCUT2D eigenvalue weighted by atomic mass is 16.5. The summed E-state index contributed by atoms with van der Waals surface area (Å²) in [7, 11) is 0. The lowest BCUT2D eigenvalue weighted by atomic mass is 10.1. The van der Waals surface area contributed by atoms with Gasteiger partial charge in [-0.3, -0.25) is 4.79 Å². The molecule has 0 spiro atoms. The molecule has 1 amide bonds. The highest BCUT2D eigenvalue weighted by Gasteiger charge is 2.16. The van der Waals surface area contributed by atoms with Crippen molar-refractivity contribution in [2.45, 2.75) is 44.6 Å². The van der Waals surface area contributed by atoms with Crippen LogP contribution in [0.25, 0.3) is 0 Å². The number of carbonyl (C=O) groups is 1. The lowest BCUT2D eigenvalue weighted by Gasteiger charge is -2.28. The molecule has 1 atom stereocenters. The predicted octanol–water partition coefficient (Wildman–Crippen LogP) is 2.77. The largest absolute Gasteiger partial charge is 0.385 e. The molecule has 2 N–H and O–H groups in total. The first-order valence-corrected chi connectivity index (χ1v) is 9.28. The monoisotopic (exact) mass is 331 g/mol. The van der Waals surface area contributed by atoms with Crippen LogP contribution < -0.4 is 15.5 Å². The minimum atomic E-state index is 0.0861. The van der Waals surface area contributed by atoms with Gasteiger partial charge in [0.1, 0.15) is 0 Å². The van der Waals surface area contributed by atoms with E-state index in [-0.39, 0.29) is 12.0 Å². The van der Waals surface area contributed by atoms with Crippen LogP contribution >= 0.6 is 0 Å². The van der Waals surface area contributed by atoms with E-state index in [9.17, 15) is 4.79 Å². The van der Waals surface area contributed by atoms with Crippen molar-refractivity contribution in [3.63, 3.8) is 0 Å². The number of hydrogen-bond donors (Lipinski definition) is 2. The molecule has 1 unspecified atom stereocenters. The quantitative estimate of drug-likeness (QED) is 0.807. The molecule has 132 valence electrons. The zero-order chi connectivity index (χ0) is 16.6. The lowest BCUT2D eigenvalue weighted by molar-refractivity contribution is -0.121. The third-order valence-electron chi connectivity index (χ3n) is 4.82. The molecule has 2 fully saturated rings. The van der Waals surface area contributed by atoms with Gasteiger partial charge in [-0.25, -0.2) is 0 Å². The molecule has 0 aliphatic carbocycles. The summed E-state index contributed by atoms with van der Waals surface area (Å²) in [5.41, 5.74) is 2.37. The van der Waals surface area contributed by atoms with Crippen molar-refractivity contribution in [3.05, 3.63) is 24.3 Å². The number of nitrogens with one attached hydrogen (secondary N) is 2. The van der Waals surface area contributed by atoms with Crippen molar-refractivity contribution >= 4 is 17.3 Å². The van der Waals surface area contributed by atoms with Crippen molar-refractivity contribution in [1.29, 1.82) is 0 Å². The van der Waals surface area contributed by atoms with E-state index in [2.05, 4.69) is 39.8 Å².